The van der Waals surface area contributed by atoms with Crippen LogP contribution in [0.1, 0.15) is 95.1 Å². The van der Waals surface area contributed by atoms with Crippen LogP contribution in [0.25, 0.3) is 5.69 Å². The first-order valence-corrected chi connectivity index (χ1v) is 18.5. The predicted molar refractivity (Wildman–Crippen MR) is 209 cm³/mol. The second-order valence-electron chi connectivity index (χ2n) is 14.3. The molecule has 2 heterocycles. The lowest BCUT2D eigenvalue weighted by Crippen LogP contribution is -2.34. The maximum atomic E-state index is 13.8. The smallest absolute Gasteiger partial charge is 0.297 e. The summed E-state index contributed by atoms with van der Waals surface area (Å²) in [5.41, 5.74) is 2.98. The number of hydrogen-bond acceptors (Lipinski definition) is 5. The maximum Gasteiger partial charge on any atom is 0.297 e. The quantitative estimate of drug-likeness (QED) is 0.134. The lowest BCUT2D eigenvalue weighted by molar-refractivity contribution is -0.118. The lowest BCUT2D eigenvalue weighted by Gasteiger charge is -2.30. The van der Waals surface area contributed by atoms with Crippen LogP contribution in [0.3, 0.4) is 0 Å². The van der Waals surface area contributed by atoms with Gasteiger partial charge in [0.1, 0.15) is 17.1 Å². The average Bonchev–Trinajstić information content (AvgIpc) is 3.41. The van der Waals surface area contributed by atoms with Crippen LogP contribution in [0.5, 0.6) is 5.75 Å². The molecule has 1 fully saturated rings. The molecule has 0 saturated carbocycles. The van der Waals surface area contributed by atoms with E-state index in [1.807, 2.05) is 11.0 Å². The highest BCUT2D eigenvalue weighted by molar-refractivity contribution is 6.40. The lowest BCUT2D eigenvalue weighted by atomic mass is 9.76. The van der Waals surface area contributed by atoms with Gasteiger partial charge in [-0.15, -0.1) is 0 Å². The zero-order valence-corrected chi connectivity index (χ0v) is 32.3. The van der Waals surface area contributed by atoms with E-state index in [1.54, 1.807) is 24.3 Å². The van der Waals surface area contributed by atoms with Crippen LogP contribution >= 0.6 is 34.8 Å². The summed E-state index contributed by atoms with van der Waals surface area (Å²) in [6.45, 7) is 14.2. The number of aromatic amines is 1. The van der Waals surface area contributed by atoms with E-state index < -0.39 is 11.5 Å². The first kappa shape index (κ1) is 38.3. The molecule has 12 heteroatoms. The van der Waals surface area contributed by atoms with Crippen LogP contribution in [-0.4, -0.2) is 41.3 Å². The molecule has 1 aliphatic rings. The number of amides is 2. The van der Waals surface area contributed by atoms with E-state index in [4.69, 9.17) is 39.5 Å². The first-order chi connectivity index (χ1) is 24.1. The number of benzene rings is 3. The normalized spacial score (nSPS) is 13.6. The van der Waals surface area contributed by atoms with Crippen LogP contribution < -0.4 is 25.8 Å². The average molecular weight is 755 g/mol. The molecule has 0 unspecified atom stereocenters. The number of H-pyrrole nitrogens is 1. The third-order valence-corrected chi connectivity index (χ3v) is 10.8. The largest absolute Gasteiger partial charge is 0.483 e. The van der Waals surface area contributed by atoms with Crippen molar-refractivity contribution in [1.82, 2.24) is 9.78 Å². The molecular formula is C39H46Cl3N5O4. The van der Waals surface area contributed by atoms with E-state index >= 15 is 0 Å². The Morgan fingerprint density at radius 3 is 2.16 bits per heavy atom. The minimum atomic E-state index is -0.483. The van der Waals surface area contributed by atoms with Gasteiger partial charge in [0, 0.05) is 34.9 Å². The van der Waals surface area contributed by atoms with Crippen LogP contribution in [0.4, 0.5) is 17.2 Å². The Hall–Kier alpha value is -3.92. The summed E-state index contributed by atoms with van der Waals surface area (Å²) in [5.74, 6) is 0.0310. The van der Waals surface area contributed by atoms with Gasteiger partial charge in [0.05, 0.1) is 10.0 Å². The highest BCUT2D eigenvalue weighted by Crippen LogP contribution is 2.39. The number of piperidine rings is 1. The van der Waals surface area contributed by atoms with Crippen LogP contribution in [0.15, 0.2) is 59.4 Å². The number of anilines is 3. The highest BCUT2D eigenvalue weighted by Gasteiger charge is 2.28. The summed E-state index contributed by atoms with van der Waals surface area (Å²) in [6, 6.07) is 15.8. The van der Waals surface area contributed by atoms with Gasteiger partial charge in [-0.05, 0) is 84.9 Å². The molecule has 272 valence electrons. The molecule has 3 aromatic carbocycles. The van der Waals surface area contributed by atoms with E-state index in [9.17, 15) is 14.4 Å². The molecule has 0 bridgehead atoms. The third kappa shape index (κ3) is 8.59. The van der Waals surface area contributed by atoms with Crippen LogP contribution in [0, 0.1) is 0 Å². The zero-order valence-electron chi connectivity index (χ0n) is 30.0. The molecule has 5 rings (SSSR count). The molecule has 0 atom stereocenters. The molecular weight excluding hydrogens is 709 g/mol. The number of carbonyl (C=O) groups excluding carboxylic acids is 2. The zero-order chi connectivity index (χ0) is 37.1. The summed E-state index contributed by atoms with van der Waals surface area (Å²) in [4.78, 5) is 42.5. The fraction of sp³-hybridized carbons (Fsp3) is 0.410. The van der Waals surface area contributed by atoms with Crippen molar-refractivity contribution < 1.29 is 14.3 Å². The second kappa shape index (κ2) is 15.8. The number of hydrogen-bond donors (Lipinski definition) is 3. The minimum Gasteiger partial charge on any atom is -0.483 e. The van der Waals surface area contributed by atoms with E-state index in [0.29, 0.717) is 35.2 Å². The summed E-state index contributed by atoms with van der Waals surface area (Å²) in [5, 5.41) is 9.41. The number of aromatic nitrogens is 2. The van der Waals surface area contributed by atoms with E-state index in [2.05, 4.69) is 69.4 Å². The van der Waals surface area contributed by atoms with Crippen molar-refractivity contribution in [2.24, 2.45) is 0 Å². The Morgan fingerprint density at radius 1 is 0.843 bits per heavy atom. The Labute approximate surface area is 314 Å². The SMILES string of the molecule is CCC(C)(C)c1ccc(OCC(=O)Nc2cccc(C(=O)Nc3[nH]n(-c4c(Cl)cc(Cl)cc4Cl)c(=O)c3N3CCCCC3)c2)c(C(C)(C)CC)c1. The maximum absolute atomic E-state index is 13.8. The van der Waals surface area contributed by atoms with Gasteiger partial charge in [-0.3, -0.25) is 19.5 Å². The van der Waals surface area contributed by atoms with E-state index in [-0.39, 0.29) is 50.5 Å². The van der Waals surface area contributed by atoms with Crippen molar-refractivity contribution in [2.45, 2.75) is 84.5 Å². The number of halogens is 3. The monoisotopic (exact) mass is 753 g/mol. The van der Waals surface area contributed by atoms with Gasteiger partial charge in [0.25, 0.3) is 17.4 Å². The molecule has 1 aliphatic heterocycles. The fourth-order valence-corrected chi connectivity index (χ4v) is 7.08. The van der Waals surface area contributed by atoms with Gasteiger partial charge in [0.15, 0.2) is 12.4 Å². The fourth-order valence-electron chi connectivity index (χ4n) is 6.10. The van der Waals surface area contributed by atoms with Gasteiger partial charge in [-0.1, -0.05) is 94.5 Å². The summed E-state index contributed by atoms with van der Waals surface area (Å²) >= 11 is 19.1. The molecule has 4 aromatic rings. The molecule has 0 spiro atoms. The van der Waals surface area contributed by atoms with Crippen molar-refractivity contribution >= 4 is 63.8 Å². The van der Waals surface area contributed by atoms with Crippen LogP contribution in [0.2, 0.25) is 15.1 Å². The molecule has 0 aliphatic carbocycles. The van der Waals surface area contributed by atoms with Gasteiger partial charge >= 0.3 is 0 Å². The highest BCUT2D eigenvalue weighted by atomic mass is 35.5. The Kier molecular flexibility index (Phi) is 11.8. The van der Waals surface area contributed by atoms with E-state index in [0.717, 1.165) is 37.7 Å². The molecule has 9 nitrogen and oxygen atoms in total. The summed E-state index contributed by atoms with van der Waals surface area (Å²) in [6.07, 6.45) is 4.77. The Balaban J connectivity index is 1.34. The Bertz CT molecular complexity index is 1950. The number of carbonyl (C=O) groups is 2. The Morgan fingerprint density at radius 2 is 1.51 bits per heavy atom. The summed E-state index contributed by atoms with van der Waals surface area (Å²) in [7, 11) is 0. The standard InChI is InChI=1S/C39H46Cl3N5O4/c1-7-38(3,4)25-15-16-31(28(20-25)39(5,6)8-2)51-23-32(48)43-27-14-12-13-24(19-27)36(49)44-35-34(46-17-10-9-11-18-46)37(50)47(45-35)33-29(41)21-26(40)22-30(33)42/h12-16,19-22,45H,7-11,17-18,23H2,1-6H3,(H,43,48)(H,44,49). The van der Waals surface area contributed by atoms with Crippen molar-refractivity contribution in [2.75, 3.05) is 35.2 Å². The van der Waals surface area contributed by atoms with Gasteiger partial charge in [-0.25, -0.2) is 4.68 Å². The molecule has 0 radical (unpaired) electrons. The predicted octanol–water partition coefficient (Wildman–Crippen LogP) is 9.76. The van der Waals surface area contributed by atoms with Gasteiger partial charge in [0.2, 0.25) is 0 Å². The number of ether oxygens (including phenoxy) is 1. The van der Waals surface area contributed by atoms with Crippen LogP contribution in [-0.2, 0) is 15.6 Å². The van der Waals surface area contributed by atoms with E-state index in [1.165, 1.54) is 22.4 Å². The topological polar surface area (TPSA) is 108 Å². The third-order valence-electron chi connectivity index (χ3n) is 10.0. The second-order valence-corrected chi connectivity index (χ2v) is 15.6. The molecule has 1 saturated heterocycles. The molecule has 1 aromatic heterocycles. The molecule has 2 amide bonds. The number of nitrogens with zero attached hydrogens (tertiary/aromatic N) is 2. The molecule has 51 heavy (non-hydrogen) atoms. The van der Waals surface area contributed by atoms with Crippen molar-refractivity contribution in [3.63, 3.8) is 0 Å². The number of rotatable bonds is 12. The first-order valence-electron chi connectivity index (χ1n) is 17.4. The van der Waals surface area contributed by atoms with Crippen molar-refractivity contribution in [1.29, 1.82) is 0 Å². The number of nitrogens with one attached hydrogen (secondary N) is 3. The van der Waals surface area contributed by atoms with Crippen molar-refractivity contribution in [3.8, 4) is 11.4 Å². The minimum absolute atomic E-state index is 0.0122. The van der Waals surface area contributed by atoms with Gasteiger partial charge < -0.3 is 20.3 Å². The summed E-state index contributed by atoms with van der Waals surface area (Å²) < 4.78 is 7.33. The van der Waals surface area contributed by atoms with Crippen molar-refractivity contribution in [3.05, 3.63) is 96.7 Å². The van der Waals surface area contributed by atoms with Gasteiger partial charge in [-0.2, -0.15) is 0 Å². The molecule has 3 N–H and O–H groups in total.